The molecule has 9 nitrogen and oxygen atoms in total. The summed E-state index contributed by atoms with van der Waals surface area (Å²) in [5.41, 5.74) is 0. The summed E-state index contributed by atoms with van der Waals surface area (Å²) in [5, 5.41) is 18.3. The lowest BCUT2D eigenvalue weighted by atomic mass is 10.5. The molecule has 0 radical (unpaired) electrons. The number of terminal acetylenes is 1. The van der Waals surface area contributed by atoms with Crippen LogP contribution in [0.15, 0.2) is 0 Å². The Kier molecular flexibility index (Phi) is 21.0. The summed E-state index contributed by atoms with van der Waals surface area (Å²) >= 11 is 0. The third kappa shape index (κ3) is 26.3. The number of hydrogen-bond acceptors (Lipinski definition) is 8. The molecule has 14 heteroatoms. The molecular weight excluding hydrogens is 455 g/mol. The Bertz CT molecular complexity index is 530. The van der Waals surface area contributed by atoms with Crippen LogP contribution in [0.25, 0.3) is 0 Å². The van der Waals surface area contributed by atoms with Gasteiger partial charge in [0.05, 0.1) is 32.8 Å². The van der Waals surface area contributed by atoms with E-state index in [9.17, 15) is 22.8 Å². The van der Waals surface area contributed by atoms with Crippen LogP contribution in [0, 0.1) is 12.3 Å². The van der Waals surface area contributed by atoms with Gasteiger partial charge in [-0.05, 0) is 0 Å². The minimum Gasteiger partial charge on any atom is -0.481 e. The van der Waals surface area contributed by atoms with Crippen LogP contribution < -0.4 is 5.32 Å². The smallest absolute Gasteiger partial charge is 0.481 e. The highest BCUT2D eigenvalue weighted by Crippen LogP contribution is 2.20. The van der Waals surface area contributed by atoms with Gasteiger partial charge in [-0.15, -0.1) is 6.42 Å². The summed E-state index contributed by atoms with van der Waals surface area (Å²) in [6, 6.07) is 0. The Morgan fingerprint density at radius 1 is 0.967 bits per heavy atom. The quantitative estimate of drug-likeness (QED) is 0.169. The summed E-state index contributed by atoms with van der Waals surface area (Å²) in [6.07, 6.45) is 0.0810. The molecule has 0 aliphatic heterocycles. The number of halogens is 3. The van der Waals surface area contributed by atoms with Gasteiger partial charge in [-0.1, -0.05) is 27.5 Å². The minimum absolute atomic E-state index is 0.00617. The van der Waals surface area contributed by atoms with E-state index in [1.807, 2.05) is 0 Å². The van der Waals surface area contributed by atoms with E-state index in [0.717, 1.165) is 5.75 Å². The van der Waals surface area contributed by atoms with Crippen LogP contribution >= 0.6 is 21.6 Å². The van der Waals surface area contributed by atoms with Crippen molar-refractivity contribution >= 4 is 39.4 Å². The fourth-order valence-electron chi connectivity index (χ4n) is 1.16. The summed E-state index contributed by atoms with van der Waals surface area (Å²) in [6.45, 7) is 2.39. The monoisotopic (exact) mass is 479 g/mol. The van der Waals surface area contributed by atoms with Crippen molar-refractivity contribution in [3.8, 4) is 12.3 Å². The lowest BCUT2D eigenvalue weighted by Gasteiger charge is -2.07. The van der Waals surface area contributed by atoms with Crippen LogP contribution in [0.1, 0.15) is 6.42 Å². The first kappa shape index (κ1) is 30.5. The van der Waals surface area contributed by atoms with E-state index in [1.54, 1.807) is 0 Å². The Hall–Kier alpha value is -1.66. The van der Waals surface area contributed by atoms with Crippen LogP contribution in [0.4, 0.5) is 13.2 Å². The zero-order valence-electron chi connectivity index (χ0n) is 15.9. The van der Waals surface area contributed by atoms with Gasteiger partial charge in [-0.3, -0.25) is 9.59 Å². The van der Waals surface area contributed by atoms with Crippen molar-refractivity contribution in [2.75, 3.05) is 57.7 Å². The molecule has 0 unspecified atom stereocenters. The second-order valence-corrected chi connectivity index (χ2v) is 7.56. The highest BCUT2D eigenvalue weighted by atomic mass is 33.1. The molecule has 0 spiro atoms. The lowest BCUT2D eigenvalue weighted by molar-refractivity contribution is -0.192. The number of rotatable bonds is 16. The average Bonchev–Trinajstić information content (AvgIpc) is 2.65. The van der Waals surface area contributed by atoms with Crippen LogP contribution in [0.2, 0.25) is 0 Å². The van der Waals surface area contributed by atoms with Crippen molar-refractivity contribution in [3.63, 3.8) is 0 Å². The molecular formula is C16H24F3NO8S2. The largest absolute Gasteiger partial charge is 0.490 e. The van der Waals surface area contributed by atoms with Crippen LogP contribution in [0.5, 0.6) is 0 Å². The van der Waals surface area contributed by atoms with Crippen molar-refractivity contribution in [1.29, 1.82) is 0 Å². The van der Waals surface area contributed by atoms with Gasteiger partial charge in [0.15, 0.2) is 0 Å². The molecule has 0 heterocycles. The van der Waals surface area contributed by atoms with E-state index >= 15 is 0 Å². The van der Waals surface area contributed by atoms with Gasteiger partial charge in [0.2, 0.25) is 5.91 Å². The van der Waals surface area contributed by atoms with Crippen LogP contribution in [-0.4, -0.2) is 91.9 Å². The first-order chi connectivity index (χ1) is 14.1. The summed E-state index contributed by atoms with van der Waals surface area (Å²) in [5.74, 6) is -0.105. The molecule has 3 N–H and O–H groups in total. The number of nitrogens with one attached hydrogen (secondary N) is 1. The maximum Gasteiger partial charge on any atom is 0.490 e. The maximum atomic E-state index is 11.4. The fraction of sp³-hybridized carbons (Fsp3) is 0.688. The van der Waals surface area contributed by atoms with Gasteiger partial charge >= 0.3 is 18.1 Å². The molecule has 0 saturated heterocycles. The molecule has 0 atom stereocenters. The number of carboxylic acid groups (broad SMARTS) is 2. The molecule has 0 saturated carbocycles. The molecule has 174 valence electrons. The van der Waals surface area contributed by atoms with Gasteiger partial charge < -0.3 is 29.7 Å². The maximum absolute atomic E-state index is 11.4. The Balaban J connectivity index is 0. The molecule has 0 aromatic carbocycles. The lowest BCUT2D eigenvalue weighted by Crippen LogP contribution is -2.30. The van der Waals surface area contributed by atoms with Crippen molar-refractivity contribution in [3.05, 3.63) is 0 Å². The van der Waals surface area contributed by atoms with Crippen molar-refractivity contribution in [2.24, 2.45) is 0 Å². The fourth-order valence-corrected chi connectivity index (χ4v) is 3.05. The Morgan fingerprint density at radius 3 is 2.03 bits per heavy atom. The topological polar surface area (TPSA) is 131 Å². The summed E-state index contributed by atoms with van der Waals surface area (Å²) in [7, 11) is 3.02. The number of hydrogen-bond donors (Lipinski definition) is 3. The molecule has 0 aromatic rings. The standard InChI is InChI=1S/C14H23NO6S2.C2HF3O2/c1-2-5-19-6-7-20-8-9-21-12-13(16)15-4-11-23-22-10-3-14(17)18;3-2(4,5)1(6)7/h1H,3-12H2,(H,15,16)(H,17,18);(H,6,7). The molecule has 0 bridgehead atoms. The molecule has 0 aromatic heterocycles. The number of carboxylic acids is 2. The zero-order valence-corrected chi connectivity index (χ0v) is 17.6. The molecule has 0 aliphatic carbocycles. The SMILES string of the molecule is C#CCOCCOCCOCC(=O)NCCSSCCC(=O)O.O=C(O)C(F)(F)F. The highest BCUT2D eigenvalue weighted by Gasteiger charge is 2.38. The van der Waals surface area contributed by atoms with E-state index in [0.29, 0.717) is 38.7 Å². The molecule has 0 fully saturated rings. The second-order valence-electron chi connectivity index (χ2n) is 4.86. The average molecular weight is 479 g/mol. The van der Waals surface area contributed by atoms with Crippen LogP contribution in [0.3, 0.4) is 0 Å². The van der Waals surface area contributed by atoms with E-state index in [2.05, 4.69) is 11.2 Å². The molecule has 1 amide bonds. The number of ether oxygens (including phenoxy) is 3. The summed E-state index contributed by atoms with van der Waals surface area (Å²) in [4.78, 5) is 30.6. The number of alkyl halides is 3. The van der Waals surface area contributed by atoms with Gasteiger partial charge in [0, 0.05) is 18.1 Å². The van der Waals surface area contributed by atoms with E-state index in [1.165, 1.54) is 21.6 Å². The number of carbonyl (C=O) groups excluding carboxylic acids is 1. The van der Waals surface area contributed by atoms with Gasteiger partial charge in [0.25, 0.3) is 0 Å². The number of amides is 1. The van der Waals surface area contributed by atoms with Crippen molar-refractivity contribution in [2.45, 2.75) is 12.6 Å². The number of aliphatic carboxylic acids is 2. The Labute approximate surface area is 179 Å². The number of carbonyl (C=O) groups is 3. The Morgan fingerprint density at radius 2 is 1.50 bits per heavy atom. The summed E-state index contributed by atoms with van der Waals surface area (Å²) < 4.78 is 47.1. The molecule has 0 rings (SSSR count). The first-order valence-corrected chi connectivity index (χ1v) is 10.8. The zero-order chi connectivity index (χ0) is 23.3. The first-order valence-electron chi connectivity index (χ1n) is 8.31. The van der Waals surface area contributed by atoms with E-state index in [-0.39, 0.29) is 25.5 Å². The van der Waals surface area contributed by atoms with Gasteiger partial charge in [-0.25, -0.2) is 4.79 Å². The van der Waals surface area contributed by atoms with Gasteiger partial charge in [0.1, 0.15) is 13.2 Å². The van der Waals surface area contributed by atoms with E-state index in [4.69, 9.17) is 35.6 Å². The molecule has 0 aliphatic rings. The second kappa shape index (κ2) is 20.6. The third-order valence-corrected chi connectivity index (χ3v) is 4.80. The normalized spacial score (nSPS) is 10.5. The van der Waals surface area contributed by atoms with Crippen LogP contribution in [-0.2, 0) is 28.6 Å². The van der Waals surface area contributed by atoms with E-state index < -0.39 is 18.1 Å². The minimum atomic E-state index is -5.08. The predicted octanol–water partition coefficient (Wildman–Crippen LogP) is 1.28. The predicted molar refractivity (Wildman–Crippen MR) is 105 cm³/mol. The third-order valence-electron chi connectivity index (χ3n) is 2.40. The van der Waals surface area contributed by atoms with Gasteiger partial charge in [-0.2, -0.15) is 13.2 Å². The van der Waals surface area contributed by atoms with Crippen molar-refractivity contribution < 1.29 is 52.0 Å². The molecule has 30 heavy (non-hydrogen) atoms. The van der Waals surface area contributed by atoms with Crippen molar-refractivity contribution in [1.82, 2.24) is 5.32 Å². The highest BCUT2D eigenvalue weighted by molar-refractivity contribution is 8.76.